The SMILES string of the molecule is Cc1ncc(-c2ccc(C)c(S(=O)(=O)CCC(=O)O)c2)o1. The van der Waals surface area contributed by atoms with Crippen LogP contribution in [0, 0.1) is 13.8 Å². The third-order valence-electron chi connectivity index (χ3n) is 3.01. The molecule has 0 saturated heterocycles. The molecule has 1 N–H and O–H groups in total. The molecule has 6 nitrogen and oxygen atoms in total. The largest absolute Gasteiger partial charge is 0.481 e. The van der Waals surface area contributed by atoms with Gasteiger partial charge in [-0.25, -0.2) is 13.4 Å². The Bertz CT molecular complexity index is 776. The molecule has 21 heavy (non-hydrogen) atoms. The Morgan fingerprint density at radius 2 is 2.05 bits per heavy atom. The third-order valence-corrected chi connectivity index (χ3v) is 4.87. The van der Waals surface area contributed by atoms with Crippen molar-refractivity contribution in [3.05, 3.63) is 35.9 Å². The van der Waals surface area contributed by atoms with Gasteiger partial charge in [0, 0.05) is 12.5 Å². The number of aryl methyl sites for hydroxylation is 2. The van der Waals surface area contributed by atoms with Crippen LogP contribution in [0.2, 0.25) is 0 Å². The van der Waals surface area contributed by atoms with Gasteiger partial charge in [-0.2, -0.15) is 0 Å². The summed E-state index contributed by atoms with van der Waals surface area (Å²) in [6, 6.07) is 4.90. The molecule has 0 aliphatic heterocycles. The number of aliphatic carboxylic acids is 1. The number of rotatable bonds is 5. The number of carbonyl (C=O) groups is 1. The third kappa shape index (κ3) is 3.49. The minimum Gasteiger partial charge on any atom is -0.481 e. The number of aromatic nitrogens is 1. The Morgan fingerprint density at radius 1 is 1.33 bits per heavy atom. The van der Waals surface area contributed by atoms with Crippen molar-refractivity contribution in [2.24, 2.45) is 0 Å². The van der Waals surface area contributed by atoms with E-state index in [1.54, 1.807) is 26.0 Å². The first kappa shape index (κ1) is 15.2. The molecule has 0 aliphatic rings. The Labute approximate surface area is 122 Å². The van der Waals surface area contributed by atoms with Crippen LogP contribution < -0.4 is 0 Å². The topological polar surface area (TPSA) is 97.5 Å². The lowest BCUT2D eigenvalue weighted by Gasteiger charge is -2.08. The van der Waals surface area contributed by atoms with Crippen molar-refractivity contribution in [3.8, 4) is 11.3 Å². The summed E-state index contributed by atoms with van der Waals surface area (Å²) >= 11 is 0. The normalized spacial score (nSPS) is 11.5. The minimum absolute atomic E-state index is 0.121. The Balaban J connectivity index is 2.42. The summed E-state index contributed by atoms with van der Waals surface area (Å²) < 4.78 is 29.8. The van der Waals surface area contributed by atoms with E-state index in [4.69, 9.17) is 9.52 Å². The predicted molar refractivity (Wildman–Crippen MR) is 75.7 cm³/mol. The summed E-state index contributed by atoms with van der Waals surface area (Å²) in [6.45, 7) is 3.37. The van der Waals surface area contributed by atoms with Crippen LogP contribution in [-0.4, -0.2) is 30.2 Å². The summed E-state index contributed by atoms with van der Waals surface area (Å²) in [4.78, 5) is 14.7. The fourth-order valence-corrected chi connectivity index (χ4v) is 3.44. The molecule has 0 fully saturated rings. The molecule has 2 rings (SSSR count). The molecule has 112 valence electrons. The lowest BCUT2D eigenvalue weighted by Crippen LogP contribution is -2.12. The molecule has 1 heterocycles. The first-order valence-electron chi connectivity index (χ1n) is 6.27. The van der Waals surface area contributed by atoms with Crippen LogP contribution in [0.4, 0.5) is 0 Å². The number of nitrogens with zero attached hydrogens (tertiary/aromatic N) is 1. The summed E-state index contributed by atoms with van der Waals surface area (Å²) in [6.07, 6.45) is 1.10. The molecule has 1 aromatic carbocycles. The average molecular weight is 309 g/mol. The average Bonchev–Trinajstić information content (AvgIpc) is 2.83. The van der Waals surface area contributed by atoms with Crippen LogP contribution in [0.25, 0.3) is 11.3 Å². The number of hydrogen-bond donors (Lipinski definition) is 1. The Kier molecular flexibility index (Phi) is 4.13. The second-order valence-corrected chi connectivity index (χ2v) is 6.76. The molecular weight excluding hydrogens is 294 g/mol. The molecule has 0 amide bonds. The van der Waals surface area contributed by atoms with Crippen LogP contribution >= 0.6 is 0 Å². The molecule has 0 bridgehead atoms. The van der Waals surface area contributed by atoms with Gasteiger partial charge in [-0.1, -0.05) is 12.1 Å². The van der Waals surface area contributed by atoms with Crippen LogP contribution in [0.3, 0.4) is 0 Å². The maximum Gasteiger partial charge on any atom is 0.304 e. The minimum atomic E-state index is -3.65. The molecule has 7 heteroatoms. The van der Waals surface area contributed by atoms with Crippen molar-refractivity contribution < 1.29 is 22.7 Å². The van der Waals surface area contributed by atoms with Crippen molar-refractivity contribution >= 4 is 15.8 Å². The number of hydrogen-bond acceptors (Lipinski definition) is 5. The van der Waals surface area contributed by atoms with E-state index >= 15 is 0 Å². The van der Waals surface area contributed by atoms with E-state index in [-0.39, 0.29) is 4.90 Å². The van der Waals surface area contributed by atoms with Crippen molar-refractivity contribution in [3.63, 3.8) is 0 Å². The molecule has 0 saturated carbocycles. The van der Waals surface area contributed by atoms with Gasteiger partial charge in [0.2, 0.25) is 0 Å². The molecule has 0 radical (unpaired) electrons. The van der Waals surface area contributed by atoms with E-state index in [1.807, 2.05) is 0 Å². The highest BCUT2D eigenvalue weighted by Gasteiger charge is 2.20. The number of carboxylic acid groups (broad SMARTS) is 1. The van der Waals surface area contributed by atoms with E-state index in [9.17, 15) is 13.2 Å². The van der Waals surface area contributed by atoms with Crippen LogP contribution in [0.15, 0.2) is 33.7 Å². The highest BCUT2D eigenvalue weighted by molar-refractivity contribution is 7.91. The fourth-order valence-electron chi connectivity index (χ4n) is 1.91. The van der Waals surface area contributed by atoms with Gasteiger partial charge in [0.25, 0.3) is 0 Å². The number of oxazole rings is 1. The summed E-state index contributed by atoms with van der Waals surface area (Å²) in [5.41, 5.74) is 1.16. The maximum absolute atomic E-state index is 12.2. The van der Waals surface area contributed by atoms with Gasteiger partial charge in [-0.15, -0.1) is 0 Å². The van der Waals surface area contributed by atoms with Gasteiger partial charge in [0.05, 0.1) is 23.3 Å². The summed E-state index contributed by atoms with van der Waals surface area (Å²) in [5.74, 6) is -0.608. The van der Waals surface area contributed by atoms with Gasteiger partial charge in [0.15, 0.2) is 21.5 Å². The number of carboxylic acids is 1. The second kappa shape index (κ2) is 5.69. The maximum atomic E-state index is 12.2. The zero-order chi connectivity index (χ0) is 15.6. The second-order valence-electron chi connectivity index (χ2n) is 4.69. The van der Waals surface area contributed by atoms with Crippen LogP contribution in [0.1, 0.15) is 17.9 Å². The number of sulfone groups is 1. The molecule has 2 aromatic rings. The van der Waals surface area contributed by atoms with E-state index in [0.717, 1.165) is 0 Å². The van der Waals surface area contributed by atoms with E-state index in [1.165, 1.54) is 12.3 Å². The zero-order valence-electron chi connectivity index (χ0n) is 11.7. The van der Waals surface area contributed by atoms with Crippen LogP contribution in [-0.2, 0) is 14.6 Å². The molecule has 0 unspecified atom stereocenters. The summed E-state index contributed by atoms with van der Waals surface area (Å²) in [7, 11) is -3.65. The zero-order valence-corrected chi connectivity index (χ0v) is 12.5. The fraction of sp³-hybridized carbons (Fsp3) is 0.286. The molecule has 0 aliphatic carbocycles. The van der Waals surface area contributed by atoms with Crippen molar-refractivity contribution in [2.75, 3.05) is 5.75 Å². The number of benzene rings is 1. The van der Waals surface area contributed by atoms with Gasteiger partial charge in [-0.05, 0) is 18.6 Å². The van der Waals surface area contributed by atoms with Gasteiger partial charge < -0.3 is 9.52 Å². The lowest BCUT2D eigenvalue weighted by atomic mass is 10.1. The highest BCUT2D eigenvalue weighted by Crippen LogP contribution is 2.26. The van der Waals surface area contributed by atoms with Crippen molar-refractivity contribution in [1.29, 1.82) is 0 Å². The quantitative estimate of drug-likeness (QED) is 0.909. The van der Waals surface area contributed by atoms with E-state index in [0.29, 0.717) is 22.8 Å². The molecular formula is C14H15NO5S. The first-order valence-corrected chi connectivity index (χ1v) is 7.93. The lowest BCUT2D eigenvalue weighted by molar-refractivity contribution is -0.136. The van der Waals surface area contributed by atoms with Crippen LogP contribution in [0.5, 0.6) is 0 Å². The van der Waals surface area contributed by atoms with Gasteiger partial charge >= 0.3 is 5.97 Å². The van der Waals surface area contributed by atoms with Crippen molar-refractivity contribution in [2.45, 2.75) is 25.2 Å². The monoisotopic (exact) mass is 309 g/mol. The van der Waals surface area contributed by atoms with E-state index < -0.39 is 28.0 Å². The molecule has 0 spiro atoms. The molecule has 0 atom stereocenters. The molecule has 1 aromatic heterocycles. The van der Waals surface area contributed by atoms with E-state index in [2.05, 4.69) is 4.98 Å². The van der Waals surface area contributed by atoms with Crippen molar-refractivity contribution in [1.82, 2.24) is 4.98 Å². The Hall–Kier alpha value is -2.15. The smallest absolute Gasteiger partial charge is 0.304 e. The van der Waals surface area contributed by atoms with Gasteiger partial charge in [-0.3, -0.25) is 4.79 Å². The Morgan fingerprint density at radius 3 is 2.62 bits per heavy atom. The van der Waals surface area contributed by atoms with Gasteiger partial charge in [0.1, 0.15) is 0 Å². The summed E-state index contributed by atoms with van der Waals surface area (Å²) in [5, 5.41) is 8.64. The standard InChI is InChI=1S/C14H15NO5S/c1-9-3-4-11(12-8-15-10(2)20-12)7-13(9)21(18,19)6-5-14(16)17/h3-4,7-8H,5-6H2,1-2H3,(H,16,17). The predicted octanol–water partition coefficient (Wildman–Crippen LogP) is 2.21. The highest BCUT2D eigenvalue weighted by atomic mass is 32.2. The first-order chi connectivity index (χ1) is 9.79.